The lowest BCUT2D eigenvalue weighted by Gasteiger charge is -2.39. The lowest BCUT2D eigenvalue weighted by molar-refractivity contribution is -0.271. The number of alkyl halides is 3. The standard InChI is InChI=1S/C22H27F3O2S2/c1-20(2,15-21(26,22(23,24)25)13-16-8-9-28-14-16)18-12-17(6-7-19(18)27-3)29-10-4-5-11-29/h4-12,16,26,29H,13-15H2,1-3H3. The summed E-state index contributed by atoms with van der Waals surface area (Å²) < 4.78 is 47.4. The van der Waals surface area contributed by atoms with Crippen molar-refractivity contribution < 1.29 is 23.0 Å². The molecule has 0 aromatic heterocycles. The number of methoxy groups -OCH3 is 1. The molecule has 1 aromatic carbocycles. The van der Waals surface area contributed by atoms with Crippen molar-refractivity contribution in [3.8, 4) is 5.75 Å². The molecule has 1 aromatic rings. The molecule has 2 nitrogen and oxygen atoms in total. The van der Waals surface area contributed by atoms with Gasteiger partial charge >= 0.3 is 6.18 Å². The van der Waals surface area contributed by atoms with Gasteiger partial charge in [-0.2, -0.15) is 24.1 Å². The number of benzene rings is 1. The van der Waals surface area contributed by atoms with Crippen molar-refractivity contribution >= 4 is 22.7 Å². The third kappa shape index (κ3) is 4.89. The third-order valence-corrected chi connectivity index (χ3v) is 8.27. The van der Waals surface area contributed by atoms with Gasteiger partial charge in [0.05, 0.1) is 7.11 Å². The van der Waals surface area contributed by atoms with Crippen LogP contribution in [0.5, 0.6) is 5.75 Å². The van der Waals surface area contributed by atoms with E-state index in [-0.39, 0.29) is 12.3 Å². The molecular formula is C22H27F3O2S2. The average molecular weight is 445 g/mol. The Balaban J connectivity index is 1.95. The summed E-state index contributed by atoms with van der Waals surface area (Å²) in [6.45, 7) is 3.50. The molecule has 160 valence electrons. The molecule has 3 rings (SSSR count). The van der Waals surface area contributed by atoms with Crippen molar-refractivity contribution in [3.63, 3.8) is 0 Å². The fraction of sp³-hybridized carbons (Fsp3) is 0.455. The van der Waals surface area contributed by atoms with Crippen molar-refractivity contribution in [2.24, 2.45) is 5.92 Å². The fourth-order valence-electron chi connectivity index (χ4n) is 3.97. The molecule has 0 aliphatic carbocycles. The van der Waals surface area contributed by atoms with E-state index < -0.39 is 34.5 Å². The molecule has 2 unspecified atom stereocenters. The first-order chi connectivity index (χ1) is 13.6. The lowest BCUT2D eigenvalue weighted by Crippen LogP contribution is -2.50. The number of allylic oxidation sites excluding steroid dienone is 3. The van der Waals surface area contributed by atoms with Crippen LogP contribution in [0.1, 0.15) is 32.3 Å². The second-order valence-electron chi connectivity index (χ2n) is 8.19. The van der Waals surface area contributed by atoms with Gasteiger partial charge in [0, 0.05) is 11.3 Å². The minimum absolute atomic E-state index is 0.284. The minimum Gasteiger partial charge on any atom is -0.496 e. The quantitative estimate of drug-likeness (QED) is 0.482. The molecule has 1 N–H and O–H groups in total. The smallest absolute Gasteiger partial charge is 0.417 e. The van der Waals surface area contributed by atoms with Crippen molar-refractivity contribution in [1.29, 1.82) is 0 Å². The first-order valence-electron chi connectivity index (χ1n) is 9.45. The lowest BCUT2D eigenvalue weighted by atomic mass is 9.72. The van der Waals surface area contributed by atoms with Crippen LogP contribution >= 0.6 is 22.7 Å². The summed E-state index contributed by atoms with van der Waals surface area (Å²) in [4.78, 5) is 1.06. The van der Waals surface area contributed by atoms with Gasteiger partial charge in [-0.25, -0.2) is 0 Å². The van der Waals surface area contributed by atoms with E-state index in [1.165, 1.54) is 18.9 Å². The first-order valence-corrected chi connectivity index (χ1v) is 12.0. The highest BCUT2D eigenvalue weighted by atomic mass is 32.2. The van der Waals surface area contributed by atoms with Crippen LogP contribution in [0.2, 0.25) is 0 Å². The maximum absolute atomic E-state index is 14.0. The van der Waals surface area contributed by atoms with Crippen LogP contribution in [-0.4, -0.2) is 29.7 Å². The van der Waals surface area contributed by atoms with Gasteiger partial charge in [-0.15, -0.1) is 11.8 Å². The molecule has 29 heavy (non-hydrogen) atoms. The SMILES string of the molecule is COc1ccc([SH]2C=CC=C2)cc1C(C)(C)CC(O)(CC1C=CSC1)C(F)(F)F. The summed E-state index contributed by atoms with van der Waals surface area (Å²) in [5.41, 5.74) is -3.02. The number of aliphatic hydroxyl groups is 1. The van der Waals surface area contributed by atoms with Crippen molar-refractivity contribution in [3.05, 3.63) is 58.2 Å². The summed E-state index contributed by atoms with van der Waals surface area (Å²) in [6.07, 6.45) is 0.256. The van der Waals surface area contributed by atoms with Gasteiger partial charge in [-0.05, 0) is 63.5 Å². The molecular weight excluding hydrogens is 417 g/mol. The van der Waals surface area contributed by atoms with E-state index in [9.17, 15) is 18.3 Å². The topological polar surface area (TPSA) is 29.5 Å². The molecule has 0 amide bonds. The van der Waals surface area contributed by atoms with E-state index in [1.54, 1.807) is 19.9 Å². The Labute approximate surface area is 177 Å². The maximum Gasteiger partial charge on any atom is 0.417 e. The van der Waals surface area contributed by atoms with E-state index in [1.807, 2.05) is 35.8 Å². The Morgan fingerprint density at radius 3 is 2.45 bits per heavy atom. The molecule has 2 heterocycles. The van der Waals surface area contributed by atoms with Crippen LogP contribution < -0.4 is 4.74 Å². The second-order valence-corrected chi connectivity index (χ2v) is 11.1. The van der Waals surface area contributed by atoms with Crippen LogP contribution in [0.4, 0.5) is 13.2 Å². The van der Waals surface area contributed by atoms with Crippen molar-refractivity contribution in [2.45, 2.75) is 48.8 Å². The number of ether oxygens (including phenoxy) is 1. The average Bonchev–Trinajstić information content (AvgIpc) is 3.33. The third-order valence-electron chi connectivity index (χ3n) is 5.43. The van der Waals surface area contributed by atoms with Gasteiger partial charge < -0.3 is 9.84 Å². The van der Waals surface area contributed by atoms with E-state index in [4.69, 9.17) is 4.74 Å². The van der Waals surface area contributed by atoms with Gasteiger partial charge in [-0.3, -0.25) is 0 Å². The van der Waals surface area contributed by atoms with Gasteiger partial charge in [0.2, 0.25) is 0 Å². The molecule has 0 saturated heterocycles. The molecule has 2 aliphatic rings. The Kier molecular flexibility index (Phi) is 6.51. The predicted octanol–water partition coefficient (Wildman–Crippen LogP) is 6.32. The van der Waals surface area contributed by atoms with Gasteiger partial charge in [-0.1, -0.05) is 32.1 Å². The van der Waals surface area contributed by atoms with Crippen LogP contribution in [0.15, 0.2) is 57.5 Å². The Hall–Kier alpha value is -1.31. The van der Waals surface area contributed by atoms with Crippen LogP contribution in [-0.2, 0) is 5.41 Å². The number of halogens is 3. The number of hydrogen-bond donors (Lipinski definition) is 2. The Morgan fingerprint density at radius 2 is 1.90 bits per heavy atom. The molecule has 0 bridgehead atoms. The molecule has 0 saturated carbocycles. The van der Waals surface area contributed by atoms with E-state index in [0.29, 0.717) is 17.1 Å². The highest BCUT2D eigenvalue weighted by molar-refractivity contribution is 8.22. The highest BCUT2D eigenvalue weighted by Gasteiger charge is 2.56. The Morgan fingerprint density at radius 1 is 1.21 bits per heavy atom. The summed E-state index contributed by atoms with van der Waals surface area (Å²) >= 11 is 1.48. The summed E-state index contributed by atoms with van der Waals surface area (Å²) in [7, 11) is 0.919. The second kappa shape index (κ2) is 8.44. The molecule has 2 atom stereocenters. The zero-order chi connectivity index (χ0) is 21.3. The van der Waals surface area contributed by atoms with Crippen LogP contribution in [0.25, 0.3) is 0 Å². The number of thioether (sulfide) groups is 1. The largest absolute Gasteiger partial charge is 0.496 e. The molecule has 0 fully saturated rings. The van der Waals surface area contributed by atoms with E-state index >= 15 is 0 Å². The molecule has 0 radical (unpaired) electrons. The number of hydrogen-bond acceptors (Lipinski definition) is 3. The summed E-state index contributed by atoms with van der Waals surface area (Å²) in [5, 5.41) is 16.8. The molecule has 0 spiro atoms. The summed E-state index contributed by atoms with van der Waals surface area (Å²) in [6, 6.07) is 5.71. The minimum atomic E-state index is -4.71. The van der Waals surface area contributed by atoms with Gasteiger partial charge in [0.1, 0.15) is 5.75 Å². The van der Waals surface area contributed by atoms with Gasteiger partial charge in [0.15, 0.2) is 5.60 Å². The molecule has 2 aliphatic heterocycles. The zero-order valence-electron chi connectivity index (χ0n) is 16.7. The monoisotopic (exact) mass is 444 g/mol. The van der Waals surface area contributed by atoms with Crippen molar-refractivity contribution in [1.82, 2.24) is 0 Å². The fourth-order valence-corrected chi connectivity index (χ4v) is 6.43. The normalized spacial score (nSPS) is 22.3. The van der Waals surface area contributed by atoms with Crippen LogP contribution in [0.3, 0.4) is 0 Å². The highest BCUT2D eigenvalue weighted by Crippen LogP contribution is 2.49. The maximum atomic E-state index is 14.0. The predicted molar refractivity (Wildman–Crippen MR) is 117 cm³/mol. The van der Waals surface area contributed by atoms with Crippen molar-refractivity contribution in [2.75, 3.05) is 12.9 Å². The first kappa shape index (κ1) is 22.4. The number of rotatable bonds is 7. The molecule has 7 heteroatoms. The summed E-state index contributed by atoms with van der Waals surface area (Å²) in [5.74, 6) is 0.829. The number of thiol groups is 1. The zero-order valence-corrected chi connectivity index (χ0v) is 18.5. The van der Waals surface area contributed by atoms with Crippen LogP contribution in [0, 0.1) is 5.92 Å². The Bertz CT molecular complexity index is 818. The van der Waals surface area contributed by atoms with E-state index in [2.05, 4.69) is 10.8 Å². The van der Waals surface area contributed by atoms with E-state index in [0.717, 1.165) is 4.90 Å². The van der Waals surface area contributed by atoms with Gasteiger partial charge in [0.25, 0.3) is 0 Å².